The average Bonchev–Trinajstić information content (AvgIpc) is 3.40. The molecule has 6 heteroatoms. The first kappa shape index (κ1) is 15.8. The third-order valence-corrected chi connectivity index (χ3v) is 4.98. The van der Waals surface area contributed by atoms with Gasteiger partial charge in [0.15, 0.2) is 0 Å². The summed E-state index contributed by atoms with van der Waals surface area (Å²) in [5, 5.41) is 14.3. The van der Waals surface area contributed by atoms with E-state index in [4.69, 9.17) is 0 Å². The largest absolute Gasteiger partial charge is 0.366 e. The molecule has 1 aromatic rings. The SMILES string of the molecule is C[C@H](NC(=O)C1CCN(c2ccccc2[N+](=O)[O-])CC1)C1CC1. The van der Waals surface area contributed by atoms with Gasteiger partial charge >= 0.3 is 0 Å². The molecule has 1 saturated carbocycles. The minimum Gasteiger partial charge on any atom is -0.366 e. The molecule has 3 rings (SSSR count). The molecule has 1 aliphatic carbocycles. The smallest absolute Gasteiger partial charge is 0.292 e. The van der Waals surface area contributed by atoms with Gasteiger partial charge in [0.05, 0.1) is 4.92 Å². The van der Waals surface area contributed by atoms with Crippen LogP contribution in [0.15, 0.2) is 24.3 Å². The van der Waals surface area contributed by atoms with Crippen molar-refractivity contribution in [2.75, 3.05) is 18.0 Å². The van der Waals surface area contributed by atoms with E-state index in [1.54, 1.807) is 12.1 Å². The van der Waals surface area contributed by atoms with Gasteiger partial charge in [-0.1, -0.05) is 12.1 Å². The summed E-state index contributed by atoms with van der Waals surface area (Å²) < 4.78 is 0. The molecule has 0 bridgehead atoms. The second-order valence-corrected chi connectivity index (χ2v) is 6.64. The van der Waals surface area contributed by atoms with Crippen molar-refractivity contribution >= 4 is 17.3 Å². The number of nitrogens with zero attached hydrogens (tertiary/aromatic N) is 2. The van der Waals surface area contributed by atoms with Gasteiger partial charge in [-0.05, 0) is 44.6 Å². The number of piperidine rings is 1. The third-order valence-electron chi connectivity index (χ3n) is 4.98. The second kappa shape index (κ2) is 6.56. The molecule has 1 heterocycles. The number of anilines is 1. The number of benzene rings is 1. The fourth-order valence-corrected chi connectivity index (χ4v) is 3.32. The Labute approximate surface area is 136 Å². The topological polar surface area (TPSA) is 75.5 Å². The van der Waals surface area contributed by atoms with Gasteiger partial charge in [-0.2, -0.15) is 0 Å². The van der Waals surface area contributed by atoms with E-state index in [9.17, 15) is 14.9 Å². The number of amides is 1. The van der Waals surface area contributed by atoms with Crippen LogP contribution in [0.1, 0.15) is 32.6 Å². The van der Waals surface area contributed by atoms with Crippen molar-refractivity contribution in [2.24, 2.45) is 11.8 Å². The van der Waals surface area contributed by atoms with Gasteiger partial charge in [-0.25, -0.2) is 0 Å². The Bertz CT molecular complexity index is 593. The average molecular weight is 317 g/mol. The Morgan fingerprint density at radius 3 is 2.52 bits per heavy atom. The van der Waals surface area contributed by atoms with Crippen LogP contribution in [-0.2, 0) is 4.79 Å². The highest BCUT2D eigenvalue weighted by atomic mass is 16.6. The molecular weight excluding hydrogens is 294 g/mol. The molecule has 1 saturated heterocycles. The van der Waals surface area contributed by atoms with Gasteiger partial charge in [0.1, 0.15) is 5.69 Å². The maximum Gasteiger partial charge on any atom is 0.292 e. The molecule has 0 radical (unpaired) electrons. The summed E-state index contributed by atoms with van der Waals surface area (Å²) in [5.41, 5.74) is 0.792. The van der Waals surface area contributed by atoms with E-state index < -0.39 is 0 Å². The van der Waals surface area contributed by atoms with Gasteiger partial charge in [-0.15, -0.1) is 0 Å². The van der Waals surface area contributed by atoms with E-state index in [-0.39, 0.29) is 28.5 Å². The number of hydrogen-bond donors (Lipinski definition) is 1. The van der Waals surface area contributed by atoms with Gasteiger partial charge in [0, 0.05) is 31.1 Å². The highest BCUT2D eigenvalue weighted by Crippen LogP contribution is 2.33. The molecule has 1 aliphatic heterocycles. The van der Waals surface area contributed by atoms with Crippen LogP contribution in [0.25, 0.3) is 0 Å². The van der Waals surface area contributed by atoms with E-state index in [0.717, 1.165) is 12.8 Å². The lowest BCUT2D eigenvalue weighted by atomic mass is 9.95. The van der Waals surface area contributed by atoms with Crippen molar-refractivity contribution in [3.8, 4) is 0 Å². The fraction of sp³-hybridized carbons (Fsp3) is 0.588. The van der Waals surface area contributed by atoms with Crippen molar-refractivity contribution in [3.05, 3.63) is 34.4 Å². The van der Waals surface area contributed by atoms with E-state index in [2.05, 4.69) is 12.2 Å². The Kier molecular flexibility index (Phi) is 4.50. The minimum atomic E-state index is -0.342. The molecular formula is C17H23N3O3. The molecule has 1 amide bonds. The predicted octanol–water partition coefficient (Wildman–Crippen LogP) is 2.73. The van der Waals surface area contributed by atoms with Gasteiger partial charge in [0.25, 0.3) is 5.69 Å². The van der Waals surface area contributed by atoms with Crippen LogP contribution in [0, 0.1) is 22.0 Å². The Balaban J connectivity index is 1.58. The molecule has 1 aromatic carbocycles. The molecule has 6 nitrogen and oxygen atoms in total. The quantitative estimate of drug-likeness (QED) is 0.669. The summed E-state index contributed by atoms with van der Waals surface area (Å²) in [7, 11) is 0. The van der Waals surface area contributed by atoms with Crippen LogP contribution in [0.4, 0.5) is 11.4 Å². The number of hydrogen-bond acceptors (Lipinski definition) is 4. The standard InChI is InChI=1S/C17H23N3O3/c1-12(13-6-7-13)18-17(21)14-8-10-19(11-9-14)15-4-2-3-5-16(15)20(22)23/h2-5,12-14H,6-11H2,1H3,(H,18,21)/t12-/m0/s1. The lowest BCUT2D eigenvalue weighted by Crippen LogP contribution is -2.43. The first-order valence-corrected chi connectivity index (χ1v) is 8.35. The Morgan fingerprint density at radius 2 is 1.91 bits per heavy atom. The van der Waals surface area contributed by atoms with Crippen LogP contribution in [0.5, 0.6) is 0 Å². The van der Waals surface area contributed by atoms with Crippen LogP contribution in [0.3, 0.4) is 0 Å². The van der Waals surface area contributed by atoms with Crippen LogP contribution < -0.4 is 10.2 Å². The summed E-state index contributed by atoms with van der Waals surface area (Å²) in [4.78, 5) is 25.1. The fourth-order valence-electron chi connectivity index (χ4n) is 3.32. The summed E-state index contributed by atoms with van der Waals surface area (Å²) in [6.45, 7) is 3.44. The zero-order valence-electron chi connectivity index (χ0n) is 13.4. The minimum absolute atomic E-state index is 0.0234. The number of nitrogens with one attached hydrogen (secondary N) is 1. The lowest BCUT2D eigenvalue weighted by molar-refractivity contribution is -0.384. The number of carbonyl (C=O) groups is 1. The van der Waals surface area contributed by atoms with Crippen molar-refractivity contribution < 1.29 is 9.72 Å². The summed E-state index contributed by atoms with van der Waals surface area (Å²) in [6.07, 6.45) is 3.93. The summed E-state index contributed by atoms with van der Waals surface area (Å²) in [6, 6.07) is 7.09. The maximum atomic E-state index is 12.3. The zero-order valence-corrected chi connectivity index (χ0v) is 13.4. The van der Waals surface area contributed by atoms with Gasteiger partial charge in [-0.3, -0.25) is 14.9 Å². The first-order chi connectivity index (χ1) is 11.1. The first-order valence-electron chi connectivity index (χ1n) is 8.35. The molecule has 2 aliphatic rings. The normalized spacial score (nSPS) is 20.1. The van der Waals surface area contributed by atoms with Crippen LogP contribution in [0.2, 0.25) is 0 Å². The number of carbonyl (C=O) groups excluding carboxylic acids is 1. The zero-order chi connectivity index (χ0) is 16.4. The van der Waals surface area contributed by atoms with Gasteiger partial charge < -0.3 is 10.2 Å². The Morgan fingerprint density at radius 1 is 1.26 bits per heavy atom. The van der Waals surface area contributed by atoms with E-state index in [1.807, 2.05) is 11.0 Å². The maximum absolute atomic E-state index is 12.3. The Hall–Kier alpha value is -2.11. The van der Waals surface area contributed by atoms with E-state index >= 15 is 0 Å². The lowest BCUT2D eigenvalue weighted by Gasteiger charge is -2.33. The predicted molar refractivity (Wildman–Crippen MR) is 88.4 cm³/mol. The van der Waals surface area contributed by atoms with Crippen LogP contribution >= 0.6 is 0 Å². The number of nitro benzene ring substituents is 1. The molecule has 2 fully saturated rings. The summed E-state index contributed by atoms with van der Waals surface area (Å²) >= 11 is 0. The van der Waals surface area contributed by atoms with E-state index in [0.29, 0.717) is 24.7 Å². The molecule has 124 valence electrons. The second-order valence-electron chi connectivity index (χ2n) is 6.64. The number of nitro groups is 1. The number of para-hydroxylation sites is 2. The van der Waals surface area contributed by atoms with Gasteiger partial charge in [0.2, 0.25) is 5.91 Å². The van der Waals surface area contributed by atoms with Crippen molar-refractivity contribution in [1.29, 1.82) is 0 Å². The van der Waals surface area contributed by atoms with Crippen molar-refractivity contribution in [1.82, 2.24) is 5.32 Å². The molecule has 23 heavy (non-hydrogen) atoms. The molecule has 0 spiro atoms. The monoisotopic (exact) mass is 317 g/mol. The molecule has 0 unspecified atom stereocenters. The molecule has 0 aromatic heterocycles. The van der Waals surface area contributed by atoms with Crippen molar-refractivity contribution in [2.45, 2.75) is 38.6 Å². The highest BCUT2D eigenvalue weighted by molar-refractivity contribution is 5.79. The van der Waals surface area contributed by atoms with Crippen LogP contribution in [-0.4, -0.2) is 30.0 Å². The van der Waals surface area contributed by atoms with Crippen molar-refractivity contribution in [3.63, 3.8) is 0 Å². The summed E-state index contributed by atoms with van der Waals surface area (Å²) in [5.74, 6) is 0.827. The molecule has 1 atom stereocenters. The molecule has 1 N–H and O–H groups in total. The number of rotatable bonds is 5. The highest BCUT2D eigenvalue weighted by Gasteiger charge is 2.32. The van der Waals surface area contributed by atoms with E-state index in [1.165, 1.54) is 18.9 Å². The third kappa shape index (κ3) is 3.63.